The normalized spacial score (nSPS) is 10.6. The summed E-state index contributed by atoms with van der Waals surface area (Å²) >= 11 is 0. The number of rotatable bonds is 7. The summed E-state index contributed by atoms with van der Waals surface area (Å²) in [7, 11) is 2.04. The van der Waals surface area contributed by atoms with Crippen LogP contribution in [0.1, 0.15) is 24.8 Å². The quantitative estimate of drug-likeness (QED) is 0.714. The number of nitrogens with zero attached hydrogens (tertiary/aromatic N) is 2. The van der Waals surface area contributed by atoms with Gasteiger partial charge in [-0.3, -0.25) is 9.78 Å². The lowest BCUT2D eigenvalue weighted by Crippen LogP contribution is -2.19. The molecule has 1 N–H and O–H groups in total. The van der Waals surface area contributed by atoms with E-state index in [1.165, 1.54) is 5.56 Å². The Morgan fingerprint density at radius 1 is 1.50 bits per heavy atom. The molecule has 0 aromatic carbocycles. The van der Waals surface area contributed by atoms with Gasteiger partial charge < -0.3 is 10.0 Å². The van der Waals surface area contributed by atoms with Gasteiger partial charge in [0.25, 0.3) is 0 Å². The summed E-state index contributed by atoms with van der Waals surface area (Å²) in [5, 5.41) is 8.49. The van der Waals surface area contributed by atoms with Crippen LogP contribution in [0.5, 0.6) is 0 Å². The van der Waals surface area contributed by atoms with Crippen molar-refractivity contribution in [3.63, 3.8) is 0 Å². The first-order valence-corrected chi connectivity index (χ1v) is 5.47. The molecule has 0 bridgehead atoms. The summed E-state index contributed by atoms with van der Waals surface area (Å²) in [6.45, 7) is 1.78. The Balaban J connectivity index is 2.16. The van der Waals surface area contributed by atoms with Crippen LogP contribution in [0.15, 0.2) is 24.5 Å². The molecule has 0 atom stereocenters. The van der Waals surface area contributed by atoms with Crippen molar-refractivity contribution in [2.45, 2.75) is 25.8 Å². The third-order valence-corrected chi connectivity index (χ3v) is 2.36. The summed E-state index contributed by atoms with van der Waals surface area (Å²) in [4.78, 5) is 16.5. The van der Waals surface area contributed by atoms with Crippen molar-refractivity contribution in [1.29, 1.82) is 0 Å². The standard InChI is InChI=1S/C12H18N2O2/c1-14(8-3-2-6-12(15)16)10-11-5-4-7-13-9-11/h4-5,7,9H,2-3,6,8,10H2,1H3,(H,15,16). The number of carbonyl (C=O) groups is 1. The van der Waals surface area contributed by atoms with Gasteiger partial charge >= 0.3 is 5.97 Å². The van der Waals surface area contributed by atoms with Crippen molar-refractivity contribution in [2.24, 2.45) is 0 Å². The molecule has 88 valence electrons. The second-order valence-corrected chi connectivity index (χ2v) is 3.95. The van der Waals surface area contributed by atoms with Crippen molar-refractivity contribution in [1.82, 2.24) is 9.88 Å². The Morgan fingerprint density at radius 2 is 2.31 bits per heavy atom. The van der Waals surface area contributed by atoms with Crippen molar-refractivity contribution in [2.75, 3.05) is 13.6 Å². The number of aliphatic carboxylic acids is 1. The smallest absolute Gasteiger partial charge is 0.303 e. The van der Waals surface area contributed by atoms with Gasteiger partial charge in [-0.25, -0.2) is 0 Å². The maximum Gasteiger partial charge on any atom is 0.303 e. The molecule has 0 fully saturated rings. The minimum Gasteiger partial charge on any atom is -0.481 e. The highest BCUT2D eigenvalue weighted by Gasteiger charge is 2.01. The number of unbranched alkanes of at least 4 members (excludes halogenated alkanes) is 1. The van der Waals surface area contributed by atoms with Crippen LogP contribution in [0.3, 0.4) is 0 Å². The Kier molecular flexibility index (Phi) is 5.50. The second-order valence-electron chi connectivity index (χ2n) is 3.95. The van der Waals surface area contributed by atoms with Crippen LogP contribution < -0.4 is 0 Å². The largest absolute Gasteiger partial charge is 0.481 e. The molecule has 0 aliphatic heterocycles. The van der Waals surface area contributed by atoms with Gasteiger partial charge in [-0.1, -0.05) is 6.07 Å². The molecule has 4 nitrogen and oxygen atoms in total. The molecular formula is C12H18N2O2. The number of hydrogen-bond acceptors (Lipinski definition) is 3. The minimum absolute atomic E-state index is 0.265. The van der Waals surface area contributed by atoms with E-state index in [0.717, 1.165) is 25.9 Å². The molecule has 0 radical (unpaired) electrons. The van der Waals surface area contributed by atoms with E-state index < -0.39 is 5.97 Å². The lowest BCUT2D eigenvalue weighted by atomic mass is 10.2. The first-order chi connectivity index (χ1) is 7.68. The average molecular weight is 222 g/mol. The summed E-state index contributed by atoms with van der Waals surface area (Å²) < 4.78 is 0. The van der Waals surface area contributed by atoms with Gasteiger partial charge in [-0.2, -0.15) is 0 Å². The van der Waals surface area contributed by atoms with E-state index in [4.69, 9.17) is 5.11 Å². The first kappa shape index (κ1) is 12.6. The second kappa shape index (κ2) is 6.95. The number of aromatic nitrogens is 1. The van der Waals surface area contributed by atoms with Gasteiger partial charge in [0.05, 0.1) is 0 Å². The number of carboxylic acid groups (broad SMARTS) is 1. The molecule has 0 saturated heterocycles. The number of hydrogen-bond donors (Lipinski definition) is 1. The molecule has 0 aliphatic carbocycles. The van der Waals surface area contributed by atoms with E-state index in [1.54, 1.807) is 6.20 Å². The highest BCUT2D eigenvalue weighted by atomic mass is 16.4. The van der Waals surface area contributed by atoms with Crippen LogP contribution in [-0.2, 0) is 11.3 Å². The zero-order chi connectivity index (χ0) is 11.8. The molecule has 4 heteroatoms. The molecule has 0 spiro atoms. The fourth-order valence-electron chi connectivity index (χ4n) is 1.54. The summed E-state index contributed by atoms with van der Waals surface area (Å²) in [6.07, 6.45) is 5.54. The number of pyridine rings is 1. The van der Waals surface area contributed by atoms with Crippen LogP contribution in [0.2, 0.25) is 0 Å². The van der Waals surface area contributed by atoms with E-state index >= 15 is 0 Å². The van der Waals surface area contributed by atoms with E-state index in [1.807, 2.05) is 25.4 Å². The van der Waals surface area contributed by atoms with Crippen LogP contribution in [-0.4, -0.2) is 34.6 Å². The zero-order valence-corrected chi connectivity index (χ0v) is 9.59. The summed E-state index contributed by atoms with van der Waals surface area (Å²) in [5.41, 5.74) is 1.18. The highest BCUT2D eigenvalue weighted by molar-refractivity contribution is 5.66. The third-order valence-electron chi connectivity index (χ3n) is 2.36. The topological polar surface area (TPSA) is 53.4 Å². The van der Waals surface area contributed by atoms with Gasteiger partial charge in [0.2, 0.25) is 0 Å². The van der Waals surface area contributed by atoms with Crippen molar-refractivity contribution in [3.8, 4) is 0 Å². The third kappa shape index (κ3) is 5.46. The molecule has 16 heavy (non-hydrogen) atoms. The van der Waals surface area contributed by atoms with Crippen LogP contribution >= 0.6 is 0 Å². The van der Waals surface area contributed by atoms with Crippen molar-refractivity contribution < 1.29 is 9.90 Å². The monoisotopic (exact) mass is 222 g/mol. The SMILES string of the molecule is CN(CCCCC(=O)O)Cc1cccnc1. The first-order valence-electron chi connectivity index (χ1n) is 5.47. The Bertz CT molecular complexity index is 314. The average Bonchev–Trinajstić information content (AvgIpc) is 2.25. The van der Waals surface area contributed by atoms with Crippen molar-refractivity contribution in [3.05, 3.63) is 30.1 Å². The van der Waals surface area contributed by atoms with Gasteiger partial charge in [0.1, 0.15) is 0 Å². The molecule has 0 saturated carbocycles. The predicted octanol–water partition coefficient (Wildman–Crippen LogP) is 1.77. The van der Waals surface area contributed by atoms with Gasteiger partial charge in [0.15, 0.2) is 0 Å². The van der Waals surface area contributed by atoms with Crippen molar-refractivity contribution >= 4 is 5.97 Å². The Morgan fingerprint density at radius 3 is 2.94 bits per heavy atom. The summed E-state index contributed by atoms with van der Waals surface area (Å²) in [6, 6.07) is 3.97. The van der Waals surface area contributed by atoms with E-state index in [0.29, 0.717) is 0 Å². The fourth-order valence-corrected chi connectivity index (χ4v) is 1.54. The molecule has 1 aromatic rings. The molecule has 1 aromatic heterocycles. The number of carboxylic acids is 1. The fraction of sp³-hybridized carbons (Fsp3) is 0.500. The predicted molar refractivity (Wildman–Crippen MR) is 62.1 cm³/mol. The Labute approximate surface area is 95.9 Å². The Hall–Kier alpha value is -1.42. The molecule has 1 rings (SSSR count). The summed E-state index contributed by atoms with van der Waals surface area (Å²) in [5.74, 6) is -0.713. The van der Waals surface area contributed by atoms with E-state index in [9.17, 15) is 4.79 Å². The highest BCUT2D eigenvalue weighted by Crippen LogP contribution is 2.03. The molecular weight excluding hydrogens is 204 g/mol. The molecule has 1 heterocycles. The van der Waals surface area contributed by atoms with Crippen LogP contribution in [0.4, 0.5) is 0 Å². The van der Waals surface area contributed by atoms with Crippen LogP contribution in [0.25, 0.3) is 0 Å². The lowest BCUT2D eigenvalue weighted by Gasteiger charge is -2.15. The van der Waals surface area contributed by atoms with Gasteiger partial charge in [-0.15, -0.1) is 0 Å². The molecule has 0 unspecified atom stereocenters. The zero-order valence-electron chi connectivity index (χ0n) is 9.59. The van der Waals surface area contributed by atoms with Gasteiger partial charge in [-0.05, 0) is 38.1 Å². The maximum atomic E-state index is 10.3. The van der Waals surface area contributed by atoms with E-state index in [2.05, 4.69) is 9.88 Å². The maximum absolute atomic E-state index is 10.3. The molecule has 0 aliphatic rings. The lowest BCUT2D eigenvalue weighted by molar-refractivity contribution is -0.137. The van der Waals surface area contributed by atoms with E-state index in [-0.39, 0.29) is 6.42 Å². The van der Waals surface area contributed by atoms with Gasteiger partial charge in [0, 0.05) is 25.4 Å². The van der Waals surface area contributed by atoms with Crippen LogP contribution in [0, 0.1) is 0 Å². The minimum atomic E-state index is -0.713. The molecule has 0 amide bonds.